The highest BCUT2D eigenvalue weighted by Crippen LogP contribution is 2.20. The molecule has 0 fully saturated rings. The predicted molar refractivity (Wildman–Crippen MR) is 80.2 cm³/mol. The largest absolute Gasteiger partial charge is 0.324 e. The molecule has 4 nitrogen and oxygen atoms in total. The van der Waals surface area contributed by atoms with Gasteiger partial charge in [0.1, 0.15) is 0 Å². The Hall–Kier alpha value is -2.33. The molecule has 0 unspecified atom stereocenters. The van der Waals surface area contributed by atoms with Gasteiger partial charge in [-0.25, -0.2) is 4.98 Å². The van der Waals surface area contributed by atoms with Crippen LogP contribution in [0.15, 0.2) is 42.5 Å². The molecule has 0 aliphatic heterocycles. The molecule has 100 valence electrons. The highest BCUT2D eigenvalue weighted by Gasteiger charge is 2.12. The maximum absolute atomic E-state index is 12.2. The van der Waals surface area contributed by atoms with Crippen LogP contribution in [0.4, 0.5) is 5.95 Å². The Morgan fingerprint density at radius 2 is 2.00 bits per heavy atom. The second kappa shape index (κ2) is 4.98. The number of H-pyrrole nitrogens is 1. The van der Waals surface area contributed by atoms with Crippen molar-refractivity contribution in [2.45, 2.75) is 6.92 Å². The van der Waals surface area contributed by atoms with Gasteiger partial charge in [-0.15, -0.1) is 0 Å². The van der Waals surface area contributed by atoms with Crippen molar-refractivity contribution in [1.82, 2.24) is 9.97 Å². The number of anilines is 1. The maximum atomic E-state index is 12.2. The smallest absolute Gasteiger partial charge is 0.258 e. The second-order valence-corrected chi connectivity index (χ2v) is 4.88. The van der Waals surface area contributed by atoms with Crippen molar-refractivity contribution < 1.29 is 4.79 Å². The number of fused-ring (bicyclic) bond motifs is 1. The maximum Gasteiger partial charge on any atom is 0.258 e. The SMILES string of the molecule is Cc1c(Cl)cccc1C(=O)Nc1nc2ccccc2[nH]1. The van der Waals surface area contributed by atoms with E-state index in [0.29, 0.717) is 16.5 Å². The standard InChI is InChI=1S/C15H12ClN3O/c1-9-10(5-4-6-11(9)16)14(20)19-15-17-12-7-2-3-8-13(12)18-15/h2-8H,1H3,(H2,17,18,19,20). The van der Waals surface area contributed by atoms with E-state index in [1.807, 2.05) is 31.2 Å². The summed E-state index contributed by atoms with van der Waals surface area (Å²) in [6.07, 6.45) is 0. The fraction of sp³-hybridized carbons (Fsp3) is 0.0667. The topological polar surface area (TPSA) is 57.8 Å². The Labute approximate surface area is 120 Å². The Balaban J connectivity index is 1.90. The van der Waals surface area contributed by atoms with Crippen LogP contribution >= 0.6 is 11.6 Å². The molecule has 0 aliphatic carbocycles. The number of halogens is 1. The number of para-hydroxylation sites is 2. The van der Waals surface area contributed by atoms with Gasteiger partial charge in [0.05, 0.1) is 11.0 Å². The van der Waals surface area contributed by atoms with Crippen molar-refractivity contribution in [2.24, 2.45) is 0 Å². The van der Waals surface area contributed by atoms with Crippen molar-refractivity contribution in [2.75, 3.05) is 5.32 Å². The number of imidazole rings is 1. The van der Waals surface area contributed by atoms with E-state index in [1.54, 1.807) is 18.2 Å². The molecule has 2 N–H and O–H groups in total. The number of aromatic amines is 1. The third-order valence-electron chi connectivity index (χ3n) is 3.13. The highest BCUT2D eigenvalue weighted by molar-refractivity contribution is 6.32. The number of benzene rings is 2. The Bertz CT molecular complexity index is 762. The van der Waals surface area contributed by atoms with Crippen molar-refractivity contribution in [3.63, 3.8) is 0 Å². The van der Waals surface area contributed by atoms with Gasteiger partial charge >= 0.3 is 0 Å². The van der Waals surface area contributed by atoms with Crippen LogP contribution in [0.2, 0.25) is 5.02 Å². The molecule has 1 amide bonds. The molecule has 3 rings (SSSR count). The summed E-state index contributed by atoms with van der Waals surface area (Å²) in [5, 5.41) is 3.32. The van der Waals surface area contributed by atoms with E-state index in [1.165, 1.54) is 0 Å². The third kappa shape index (κ3) is 2.26. The van der Waals surface area contributed by atoms with E-state index >= 15 is 0 Å². The van der Waals surface area contributed by atoms with Gasteiger partial charge in [-0.05, 0) is 36.8 Å². The van der Waals surface area contributed by atoms with Crippen LogP contribution in [0.3, 0.4) is 0 Å². The summed E-state index contributed by atoms with van der Waals surface area (Å²) in [5.41, 5.74) is 2.98. The Morgan fingerprint density at radius 3 is 2.80 bits per heavy atom. The summed E-state index contributed by atoms with van der Waals surface area (Å²) in [6.45, 7) is 1.82. The Kier molecular flexibility index (Phi) is 3.16. The first-order valence-electron chi connectivity index (χ1n) is 6.16. The van der Waals surface area contributed by atoms with Crippen LogP contribution in [0.5, 0.6) is 0 Å². The summed E-state index contributed by atoms with van der Waals surface area (Å²) < 4.78 is 0. The molecular weight excluding hydrogens is 274 g/mol. The number of amides is 1. The zero-order valence-corrected chi connectivity index (χ0v) is 11.5. The molecule has 2 aromatic carbocycles. The summed E-state index contributed by atoms with van der Waals surface area (Å²) in [6, 6.07) is 12.8. The summed E-state index contributed by atoms with van der Waals surface area (Å²) >= 11 is 6.02. The molecule has 3 aromatic rings. The molecule has 0 atom stereocenters. The van der Waals surface area contributed by atoms with Gasteiger partial charge in [0.15, 0.2) is 0 Å². The zero-order valence-electron chi connectivity index (χ0n) is 10.8. The minimum absolute atomic E-state index is 0.232. The van der Waals surface area contributed by atoms with E-state index < -0.39 is 0 Å². The van der Waals surface area contributed by atoms with Crippen LogP contribution in [0.1, 0.15) is 15.9 Å². The number of nitrogens with zero attached hydrogens (tertiary/aromatic N) is 1. The Morgan fingerprint density at radius 1 is 1.20 bits per heavy atom. The first kappa shape index (κ1) is 12.7. The molecule has 0 saturated heterocycles. The molecule has 0 radical (unpaired) electrons. The lowest BCUT2D eigenvalue weighted by Gasteiger charge is -2.06. The molecule has 5 heteroatoms. The van der Waals surface area contributed by atoms with Gasteiger partial charge in [0.2, 0.25) is 5.95 Å². The lowest BCUT2D eigenvalue weighted by molar-refractivity contribution is 0.102. The van der Waals surface area contributed by atoms with Crippen LogP contribution in [-0.4, -0.2) is 15.9 Å². The third-order valence-corrected chi connectivity index (χ3v) is 3.54. The normalized spacial score (nSPS) is 10.7. The summed E-state index contributed by atoms with van der Waals surface area (Å²) in [4.78, 5) is 19.6. The van der Waals surface area contributed by atoms with Crippen molar-refractivity contribution in [3.8, 4) is 0 Å². The van der Waals surface area contributed by atoms with Gasteiger partial charge in [0.25, 0.3) is 5.91 Å². The summed E-state index contributed by atoms with van der Waals surface area (Å²) in [5.74, 6) is 0.194. The highest BCUT2D eigenvalue weighted by atomic mass is 35.5. The van der Waals surface area contributed by atoms with E-state index in [2.05, 4.69) is 15.3 Å². The van der Waals surface area contributed by atoms with Crippen LogP contribution < -0.4 is 5.32 Å². The fourth-order valence-electron chi connectivity index (χ4n) is 2.04. The average molecular weight is 286 g/mol. The first-order chi connectivity index (χ1) is 9.65. The molecular formula is C15H12ClN3O. The van der Waals surface area contributed by atoms with E-state index in [9.17, 15) is 4.79 Å². The quantitative estimate of drug-likeness (QED) is 0.753. The predicted octanol–water partition coefficient (Wildman–Crippen LogP) is 3.78. The number of aromatic nitrogens is 2. The van der Waals surface area contributed by atoms with E-state index in [0.717, 1.165) is 16.6 Å². The number of nitrogens with one attached hydrogen (secondary N) is 2. The van der Waals surface area contributed by atoms with Gasteiger partial charge in [-0.1, -0.05) is 29.8 Å². The molecule has 20 heavy (non-hydrogen) atoms. The molecule has 0 bridgehead atoms. The molecule has 0 aliphatic rings. The van der Waals surface area contributed by atoms with Crippen LogP contribution in [0.25, 0.3) is 11.0 Å². The van der Waals surface area contributed by atoms with E-state index in [4.69, 9.17) is 11.6 Å². The van der Waals surface area contributed by atoms with Gasteiger partial charge in [-0.3, -0.25) is 10.1 Å². The van der Waals surface area contributed by atoms with Gasteiger partial charge < -0.3 is 4.98 Å². The fourth-order valence-corrected chi connectivity index (χ4v) is 2.21. The number of hydrogen-bond acceptors (Lipinski definition) is 2. The summed E-state index contributed by atoms with van der Waals surface area (Å²) in [7, 11) is 0. The van der Waals surface area contributed by atoms with E-state index in [-0.39, 0.29) is 5.91 Å². The molecule has 0 saturated carbocycles. The lowest BCUT2D eigenvalue weighted by atomic mass is 10.1. The molecule has 1 heterocycles. The van der Waals surface area contributed by atoms with Crippen molar-refractivity contribution in [1.29, 1.82) is 0 Å². The first-order valence-corrected chi connectivity index (χ1v) is 6.54. The van der Waals surface area contributed by atoms with Crippen molar-refractivity contribution in [3.05, 3.63) is 58.6 Å². The lowest BCUT2D eigenvalue weighted by Crippen LogP contribution is -2.14. The molecule has 1 aromatic heterocycles. The number of carbonyl (C=O) groups excluding carboxylic acids is 1. The number of hydrogen-bond donors (Lipinski definition) is 2. The van der Waals surface area contributed by atoms with Gasteiger partial charge in [0, 0.05) is 10.6 Å². The minimum atomic E-state index is -0.232. The average Bonchev–Trinajstić information content (AvgIpc) is 2.83. The number of carbonyl (C=O) groups is 1. The van der Waals surface area contributed by atoms with Crippen LogP contribution in [0, 0.1) is 6.92 Å². The van der Waals surface area contributed by atoms with Crippen LogP contribution in [-0.2, 0) is 0 Å². The second-order valence-electron chi connectivity index (χ2n) is 4.47. The zero-order chi connectivity index (χ0) is 14.1. The minimum Gasteiger partial charge on any atom is -0.324 e. The number of rotatable bonds is 2. The van der Waals surface area contributed by atoms with Gasteiger partial charge in [-0.2, -0.15) is 0 Å². The molecule has 0 spiro atoms. The monoisotopic (exact) mass is 285 g/mol. The van der Waals surface area contributed by atoms with Crippen molar-refractivity contribution >= 4 is 34.5 Å².